The van der Waals surface area contributed by atoms with E-state index in [1.54, 1.807) is 10.8 Å². The van der Waals surface area contributed by atoms with Crippen molar-refractivity contribution >= 4 is 5.97 Å². The first kappa shape index (κ1) is 24.6. The maximum atomic E-state index is 12.5. The van der Waals surface area contributed by atoms with Gasteiger partial charge in [-0.1, -0.05) is 6.07 Å². The minimum absolute atomic E-state index is 0.0745. The smallest absolute Gasteiger partial charge is 0.475 e. The molecule has 1 fully saturated rings. The summed E-state index contributed by atoms with van der Waals surface area (Å²) in [6, 6.07) is 3.96. The van der Waals surface area contributed by atoms with Crippen molar-refractivity contribution in [3.63, 3.8) is 0 Å². The molecule has 0 aliphatic carbocycles. The minimum atomic E-state index is -5.08. The van der Waals surface area contributed by atoms with Crippen LogP contribution in [0.5, 0.6) is 0 Å². The lowest BCUT2D eigenvalue weighted by molar-refractivity contribution is -0.192. The van der Waals surface area contributed by atoms with Crippen LogP contribution in [0.4, 0.5) is 13.2 Å². The molecule has 2 aromatic rings. The maximum Gasteiger partial charge on any atom is 0.490 e. The number of piperidine rings is 1. The summed E-state index contributed by atoms with van der Waals surface area (Å²) in [5.74, 6) is -1.94. The molecule has 0 bridgehead atoms. The predicted molar refractivity (Wildman–Crippen MR) is 112 cm³/mol. The largest absolute Gasteiger partial charge is 0.490 e. The summed E-state index contributed by atoms with van der Waals surface area (Å²) in [7, 11) is 0. The van der Waals surface area contributed by atoms with E-state index in [1.807, 2.05) is 26.1 Å². The van der Waals surface area contributed by atoms with Crippen molar-refractivity contribution in [1.29, 1.82) is 0 Å². The first-order valence-electron chi connectivity index (χ1n) is 10.6. The van der Waals surface area contributed by atoms with Crippen LogP contribution >= 0.6 is 0 Å². The number of hydrogen-bond acceptors (Lipinski definition) is 6. The van der Waals surface area contributed by atoms with Gasteiger partial charge in [0.2, 0.25) is 0 Å². The van der Waals surface area contributed by atoms with Gasteiger partial charge >= 0.3 is 23.3 Å². The predicted octanol–water partition coefficient (Wildman–Crippen LogP) is 1.95. The average Bonchev–Trinajstić information content (AvgIpc) is 3.11. The zero-order valence-corrected chi connectivity index (χ0v) is 18.4. The van der Waals surface area contributed by atoms with Gasteiger partial charge in [0.05, 0.1) is 6.04 Å². The number of carbonyl (C=O) groups is 1. The Morgan fingerprint density at radius 3 is 2.27 bits per heavy atom. The fraction of sp³-hybridized carbons (Fsp3) is 0.571. The molecule has 9 nitrogen and oxygen atoms in total. The Hall–Kier alpha value is -3.02. The summed E-state index contributed by atoms with van der Waals surface area (Å²) in [6.07, 6.45) is 1.46. The monoisotopic (exact) mass is 469 g/mol. The number of fused-ring (bicyclic) bond motifs is 2. The topological polar surface area (TPSA) is 110 Å². The molecule has 1 N–H and O–H groups in total. The second-order valence-electron chi connectivity index (χ2n) is 8.59. The third-order valence-corrected chi connectivity index (χ3v) is 6.06. The van der Waals surface area contributed by atoms with Crippen molar-refractivity contribution < 1.29 is 23.1 Å². The molecular formula is C21H26F3N5O4. The highest BCUT2D eigenvalue weighted by molar-refractivity contribution is 5.73. The van der Waals surface area contributed by atoms with Gasteiger partial charge in [0, 0.05) is 30.9 Å². The number of aliphatic carboxylic acids is 1. The number of alkyl halides is 3. The van der Waals surface area contributed by atoms with Gasteiger partial charge in [0.15, 0.2) is 0 Å². The number of pyridine rings is 1. The lowest BCUT2D eigenvalue weighted by Crippen LogP contribution is -2.47. The van der Waals surface area contributed by atoms with Crippen molar-refractivity contribution in [1.82, 2.24) is 24.2 Å². The zero-order valence-electron chi connectivity index (χ0n) is 18.4. The highest BCUT2D eigenvalue weighted by atomic mass is 19.4. The molecular weight excluding hydrogens is 443 g/mol. The fourth-order valence-corrected chi connectivity index (χ4v) is 4.26. The van der Waals surface area contributed by atoms with E-state index in [2.05, 4.69) is 21.0 Å². The number of aromatic nitrogens is 4. The lowest BCUT2D eigenvalue weighted by atomic mass is 9.76. The Morgan fingerprint density at radius 1 is 1.15 bits per heavy atom. The van der Waals surface area contributed by atoms with Crippen LogP contribution in [-0.2, 0) is 23.3 Å². The average molecular weight is 469 g/mol. The van der Waals surface area contributed by atoms with Crippen LogP contribution in [0.25, 0.3) is 0 Å². The highest BCUT2D eigenvalue weighted by Crippen LogP contribution is 2.41. The van der Waals surface area contributed by atoms with E-state index in [4.69, 9.17) is 9.90 Å². The molecule has 2 aliphatic rings. The Bertz CT molecular complexity index is 1100. The summed E-state index contributed by atoms with van der Waals surface area (Å²) in [5.41, 5.74) is 0.223. The third kappa shape index (κ3) is 5.32. The normalized spacial score (nSPS) is 17.5. The lowest BCUT2D eigenvalue weighted by Gasteiger charge is -2.38. The van der Waals surface area contributed by atoms with Crippen LogP contribution in [0.3, 0.4) is 0 Å². The number of rotatable bonds is 3. The summed E-state index contributed by atoms with van der Waals surface area (Å²) < 4.78 is 34.7. The number of nitrogens with zero attached hydrogens (tertiary/aromatic N) is 5. The van der Waals surface area contributed by atoms with Gasteiger partial charge in [-0.15, -0.1) is 0 Å². The number of carboxylic acids is 1. The molecule has 2 aromatic heterocycles. The minimum Gasteiger partial charge on any atom is -0.475 e. The molecule has 0 radical (unpaired) electrons. The van der Waals surface area contributed by atoms with Crippen LogP contribution in [0.2, 0.25) is 0 Å². The number of carboxylic acid groups (broad SMARTS) is 1. The van der Waals surface area contributed by atoms with Crippen LogP contribution in [0.15, 0.2) is 34.1 Å². The molecule has 0 aromatic carbocycles. The van der Waals surface area contributed by atoms with Crippen LogP contribution < -0.4 is 11.1 Å². The van der Waals surface area contributed by atoms with E-state index in [0.717, 1.165) is 44.7 Å². The molecule has 12 heteroatoms. The van der Waals surface area contributed by atoms with Crippen LogP contribution in [0.1, 0.15) is 50.5 Å². The first-order valence-corrected chi connectivity index (χ1v) is 10.6. The van der Waals surface area contributed by atoms with Gasteiger partial charge in [-0.2, -0.15) is 18.3 Å². The highest BCUT2D eigenvalue weighted by Gasteiger charge is 2.44. The van der Waals surface area contributed by atoms with Gasteiger partial charge in [-0.25, -0.2) is 9.48 Å². The van der Waals surface area contributed by atoms with E-state index in [-0.39, 0.29) is 11.5 Å². The molecule has 0 unspecified atom stereocenters. The Morgan fingerprint density at radius 2 is 1.76 bits per heavy atom. The quantitative estimate of drug-likeness (QED) is 0.684. The molecule has 33 heavy (non-hydrogen) atoms. The maximum absolute atomic E-state index is 12.5. The Kier molecular flexibility index (Phi) is 7.06. The second kappa shape index (κ2) is 9.46. The third-order valence-electron chi connectivity index (χ3n) is 6.06. The number of likely N-dealkylation sites (tertiary alicyclic amines) is 1. The molecule has 2 aliphatic heterocycles. The van der Waals surface area contributed by atoms with E-state index in [0.29, 0.717) is 6.54 Å². The van der Waals surface area contributed by atoms with Gasteiger partial charge in [0.25, 0.3) is 0 Å². The van der Waals surface area contributed by atoms with E-state index in [9.17, 15) is 22.8 Å². The summed E-state index contributed by atoms with van der Waals surface area (Å²) in [5, 5.41) is 11.8. The molecule has 0 amide bonds. The van der Waals surface area contributed by atoms with Crippen molar-refractivity contribution in [2.45, 2.75) is 63.8 Å². The summed E-state index contributed by atoms with van der Waals surface area (Å²) in [6.45, 7) is 7.22. The van der Waals surface area contributed by atoms with Gasteiger partial charge in [-0.3, -0.25) is 24.0 Å². The zero-order chi connectivity index (χ0) is 24.4. The van der Waals surface area contributed by atoms with Crippen LogP contribution in [-0.4, -0.2) is 54.6 Å². The van der Waals surface area contributed by atoms with Gasteiger partial charge in [0.1, 0.15) is 5.82 Å². The molecule has 4 heterocycles. The van der Waals surface area contributed by atoms with E-state index >= 15 is 0 Å². The molecule has 1 spiro atoms. The van der Waals surface area contributed by atoms with Crippen LogP contribution in [0, 0.1) is 0 Å². The Labute approximate surface area is 187 Å². The second-order valence-corrected chi connectivity index (χ2v) is 8.59. The van der Waals surface area contributed by atoms with Gasteiger partial charge < -0.3 is 5.11 Å². The Balaban J connectivity index is 0.000000383. The molecule has 4 rings (SSSR count). The van der Waals surface area contributed by atoms with Crippen molar-refractivity contribution in [2.24, 2.45) is 0 Å². The van der Waals surface area contributed by atoms with Crippen molar-refractivity contribution in [3.8, 4) is 0 Å². The van der Waals surface area contributed by atoms with Crippen molar-refractivity contribution in [2.75, 3.05) is 13.1 Å². The summed E-state index contributed by atoms with van der Waals surface area (Å²) >= 11 is 0. The van der Waals surface area contributed by atoms with Gasteiger partial charge in [-0.05, 0) is 57.8 Å². The standard InChI is InChI=1S/C19H25N5O2.C2HF3O2/c1-14(2)24-17(26)16(25)23-11-7-19(18(23)21-24)5-9-22(10-6-19)13-15-4-3-8-20-12-15;3-2(4,5)1(6)7/h3-4,8,12,14H,5-7,9-11,13H2,1-2H3;(H,6,7). The summed E-state index contributed by atoms with van der Waals surface area (Å²) in [4.78, 5) is 40.3. The molecule has 0 saturated carbocycles. The van der Waals surface area contributed by atoms with E-state index in [1.165, 1.54) is 10.2 Å². The molecule has 180 valence electrons. The van der Waals surface area contributed by atoms with Crippen molar-refractivity contribution in [3.05, 3.63) is 56.6 Å². The SMILES string of the molecule is CC(C)n1nc2n(c(=O)c1=O)CCC21CCN(Cc2cccnc2)CC1.O=C(O)C(F)(F)F. The van der Waals surface area contributed by atoms with E-state index < -0.39 is 23.3 Å². The number of halogens is 3. The number of hydrogen-bond donors (Lipinski definition) is 1. The first-order chi connectivity index (χ1) is 15.4. The fourth-order valence-electron chi connectivity index (χ4n) is 4.26. The molecule has 1 saturated heterocycles. The molecule has 0 atom stereocenters.